The molecule has 21 heavy (non-hydrogen) atoms. The van der Waals surface area contributed by atoms with Crippen LogP contribution in [-0.2, 0) is 14.0 Å². The van der Waals surface area contributed by atoms with E-state index in [2.05, 4.69) is 0 Å². The first-order valence-electron chi connectivity index (χ1n) is 6.51. The lowest BCUT2D eigenvalue weighted by Crippen LogP contribution is -2.19. The molecule has 0 aromatic rings. The van der Waals surface area contributed by atoms with Crippen molar-refractivity contribution in [2.75, 3.05) is 19.8 Å². The third kappa shape index (κ3) is 38.2. The van der Waals surface area contributed by atoms with E-state index in [1.807, 2.05) is 6.92 Å². The third-order valence-electron chi connectivity index (χ3n) is 1.58. The highest BCUT2D eigenvalue weighted by atomic mass is 31.1. The standard InChI is InChI=1S/C6H14O3.C6H12O2.H3O3P/c1-5(8)4-9-6(2)3-7;1-3-5-8-6(7)4-2;1-4(2)3/h5-8H,3-4H2,1-2H3;4,7H,3,5H2,1-2H3;4H,(H2,1,2,3). The number of hydrogen-bond donors (Lipinski definition) is 5. The molecule has 0 aliphatic heterocycles. The van der Waals surface area contributed by atoms with Crippen LogP contribution in [0.15, 0.2) is 12.0 Å². The predicted octanol–water partition coefficient (Wildman–Crippen LogP) is 0.958. The minimum atomic E-state index is -3.13. The van der Waals surface area contributed by atoms with E-state index in [4.69, 9.17) is 39.1 Å². The molecule has 0 fully saturated rings. The second kappa shape index (κ2) is 19.4. The van der Waals surface area contributed by atoms with Crippen LogP contribution in [0.1, 0.15) is 34.1 Å². The van der Waals surface area contributed by atoms with Gasteiger partial charge in [0.15, 0.2) is 0 Å². The maximum absolute atomic E-state index is 8.74. The van der Waals surface area contributed by atoms with Crippen molar-refractivity contribution in [3.8, 4) is 0 Å². The number of aliphatic hydroxyl groups is 3. The van der Waals surface area contributed by atoms with E-state index >= 15 is 0 Å². The van der Waals surface area contributed by atoms with E-state index in [0.29, 0.717) is 13.2 Å². The van der Waals surface area contributed by atoms with Crippen LogP contribution >= 0.6 is 8.25 Å². The van der Waals surface area contributed by atoms with Gasteiger partial charge in [0.25, 0.3) is 5.95 Å². The quantitative estimate of drug-likeness (QED) is 0.343. The molecule has 9 heteroatoms. The second-order valence-electron chi connectivity index (χ2n) is 3.93. The highest BCUT2D eigenvalue weighted by Crippen LogP contribution is 1.98. The van der Waals surface area contributed by atoms with Crippen molar-refractivity contribution < 1.29 is 39.1 Å². The summed E-state index contributed by atoms with van der Waals surface area (Å²) in [5.41, 5.74) is 0. The lowest BCUT2D eigenvalue weighted by atomic mass is 10.4. The van der Waals surface area contributed by atoms with Crippen LogP contribution in [0.25, 0.3) is 0 Å². The topological polar surface area (TPSA) is 137 Å². The Balaban J connectivity index is -0.000000249. The lowest BCUT2D eigenvalue weighted by Gasteiger charge is -2.10. The van der Waals surface area contributed by atoms with Gasteiger partial charge in [0.1, 0.15) is 0 Å². The van der Waals surface area contributed by atoms with Gasteiger partial charge in [-0.3, -0.25) is 4.57 Å². The Morgan fingerprint density at radius 1 is 1.33 bits per heavy atom. The zero-order chi connectivity index (χ0) is 17.3. The molecule has 0 radical (unpaired) electrons. The van der Waals surface area contributed by atoms with Gasteiger partial charge in [0.2, 0.25) is 0 Å². The Kier molecular flexibility index (Phi) is 23.4. The highest BCUT2D eigenvalue weighted by Gasteiger charge is 2.00. The summed E-state index contributed by atoms with van der Waals surface area (Å²) in [4.78, 5) is 14.3. The molecule has 0 bridgehead atoms. The van der Waals surface area contributed by atoms with Crippen LogP contribution in [-0.4, -0.2) is 57.1 Å². The zero-order valence-corrected chi connectivity index (χ0v) is 14.0. The van der Waals surface area contributed by atoms with Crippen LogP contribution in [0, 0.1) is 0 Å². The minimum absolute atomic E-state index is 0.00667. The highest BCUT2D eigenvalue weighted by molar-refractivity contribution is 7.30. The molecule has 2 atom stereocenters. The van der Waals surface area contributed by atoms with Crippen molar-refractivity contribution in [3.05, 3.63) is 12.0 Å². The molecular formula is C12H29O8P. The molecule has 0 amide bonds. The summed E-state index contributed by atoms with van der Waals surface area (Å²) in [6.07, 6.45) is 1.84. The van der Waals surface area contributed by atoms with Crippen molar-refractivity contribution in [3.63, 3.8) is 0 Å². The van der Waals surface area contributed by atoms with Crippen LogP contribution in [0.5, 0.6) is 0 Å². The van der Waals surface area contributed by atoms with E-state index < -0.39 is 14.4 Å². The summed E-state index contributed by atoms with van der Waals surface area (Å²) < 4.78 is 18.5. The summed E-state index contributed by atoms with van der Waals surface area (Å²) in [6.45, 7) is 8.00. The van der Waals surface area contributed by atoms with E-state index in [0.717, 1.165) is 6.42 Å². The Morgan fingerprint density at radius 3 is 2.10 bits per heavy atom. The van der Waals surface area contributed by atoms with E-state index in [-0.39, 0.29) is 18.7 Å². The fraction of sp³-hybridized carbons (Fsp3) is 0.833. The maximum atomic E-state index is 8.74. The first kappa shape index (κ1) is 25.3. The molecule has 2 unspecified atom stereocenters. The number of ether oxygens (including phenoxy) is 2. The SMILES string of the molecule is CC(O)COC(C)CO.CC=C(O)OCCC.O=[PH](O)O. The van der Waals surface area contributed by atoms with Crippen molar-refractivity contribution in [2.24, 2.45) is 0 Å². The molecule has 0 aromatic carbocycles. The van der Waals surface area contributed by atoms with Gasteiger partial charge in [-0.1, -0.05) is 6.92 Å². The molecule has 0 spiro atoms. The summed E-state index contributed by atoms with van der Waals surface area (Å²) in [7, 11) is -3.13. The zero-order valence-electron chi connectivity index (χ0n) is 13.0. The van der Waals surface area contributed by atoms with Gasteiger partial charge in [-0.05, 0) is 33.3 Å². The molecule has 0 saturated carbocycles. The van der Waals surface area contributed by atoms with E-state index in [9.17, 15) is 0 Å². The second-order valence-corrected chi connectivity index (χ2v) is 4.50. The summed E-state index contributed by atoms with van der Waals surface area (Å²) >= 11 is 0. The molecule has 5 N–H and O–H groups in total. The molecule has 0 aliphatic rings. The first-order chi connectivity index (χ1) is 9.70. The first-order valence-corrected chi connectivity index (χ1v) is 7.81. The third-order valence-corrected chi connectivity index (χ3v) is 1.58. The Morgan fingerprint density at radius 2 is 1.81 bits per heavy atom. The largest absolute Gasteiger partial charge is 0.481 e. The maximum Gasteiger partial charge on any atom is 0.314 e. The van der Waals surface area contributed by atoms with Gasteiger partial charge in [0, 0.05) is 0 Å². The van der Waals surface area contributed by atoms with Gasteiger partial charge < -0.3 is 34.6 Å². The molecule has 0 aliphatic carbocycles. The van der Waals surface area contributed by atoms with Crippen molar-refractivity contribution in [1.29, 1.82) is 0 Å². The van der Waals surface area contributed by atoms with Gasteiger partial charge >= 0.3 is 8.25 Å². The Hall–Kier alpha value is -0.630. The molecule has 8 nitrogen and oxygen atoms in total. The van der Waals surface area contributed by atoms with E-state index in [1.54, 1.807) is 20.8 Å². The number of rotatable bonds is 7. The van der Waals surface area contributed by atoms with Gasteiger partial charge in [-0.15, -0.1) is 0 Å². The van der Waals surface area contributed by atoms with Gasteiger partial charge in [-0.25, -0.2) is 0 Å². The van der Waals surface area contributed by atoms with Crippen LogP contribution in [0.3, 0.4) is 0 Å². The van der Waals surface area contributed by atoms with Crippen molar-refractivity contribution >= 4 is 8.25 Å². The normalized spacial score (nSPS) is 13.5. The predicted molar refractivity (Wildman–Crippen MR) is 80.2 cm³/mol. The van der Waals surface area contributed by atoms with Crippen LogP contribution in [0.2, 0.25) is 0 Å². The average Bonchev–Trinajstić information content (AvgIpc) is 2.42. The molecule has 0 rings (SSSR count). The van der Waals surface area contributed by atoms with Gasteiger partial charge in [0.05, 0.1) is 32.0 Å². The van der Waals surface area contributed by atoms with Crippen LogP contribution < -0.4 is 0 Å². The van der Waals surface area contributed by atoms with Crippen molar-refractivity contribution in [1.82, 2.24) is 0 Å². The lowest BCUT2D eigenvalue weighted by molar-refractivity contribution is -0.0177. The smallest absolute Gasteiger partial charge is 0.314 e. The summed E-state index contributed by atoms with van der Waals surface area (Å²) in [6, 6.07) is 0. The number of aliphatic hydroxyl groups excluding tert-OH is 3. The molecule has 0 saturated heterocycles. The van der Waals surface area contributed by atoms with Crippen molar-refractivity contribution in [2.45, 2.75) is 46.3 Å². The number of allylic oxidation sites excluding steroid dienone is 1. The number of hydrogen-bond acceptors (Lipinski definition) is 6. The fourth-order valence-corrected chi connectivity index (χ4v) is 0.646. The van der Waals surface area contributed by atoms with Gasteiger partial charge in [-0.2, -0.15) is 0 Å². The minimum Gasteiger partial charge on any atom is -0.481 e. The van der Waals surface area contributed by atoms with E-state index in [1.165, 1.54) is 6.08 Å². The fourth-order valence-electron chi connectivity index (χ4n) is 0.646. The Labute approximate surface area is 126 Å². The molecule has 130 valence electrons. The summed E-state index contributed by atoms with van der Waals surface area (Å²) in [5, 5.41) is 25.8. The Bertz CT molecular complexity index is 254. The monoisotopic (exact) mass is 332 g/mol. The molecule has 0 aromatic heterocycles. The molecular weight excluding hydrogens is 303 g/mol. The van der Waals surface area contributed by atoms with Crippen LogP contribution in [0.4, 0.5) is 0 Å². The summed E-state index contributed by atoms with van der Waals surface area (Å²) in [5.74, 6) is 0.0202. The average molecular weight is 332 g/mol. The molecule has 0 heterocycles.